The van der Waals surface area contributed by atoms with E-state index >= 15 is 0 Å². The molecule has 0 bridgehead atoms. The molecule has 0 saturated heterocycles. The SMILES string of the molecule is CCOC(=O)/C(NC(C)=O)=C(\[O-])OCC.[Na+]. The summed E-state index contributed by atoms with van der Waals surface area (Å²) in [5.74, 6) is -2.33. The number of rotatable bonds is 5. The fourth-order valence-corrected chi connectivity index (χ4v) is 0.768. The van der Waals surface area contributed by atoms with Crippen LogP contribution in [-0.2, 0) is 19.1 Å². The van der Waals surface area contributed by atoms with Gasteiger partial charge in [0.15, 0.2) is 0 Å². The molecule has 0 aromatic rings. The van der Waals surface area contributed by atoms with E-state index in [4.69, 9.17) is 0 Å². The maximum atomic E-state index is 11.2. The fraction of sp³-hybridized carbons (Fsp3) is 0.556. The van der Waals surface area contributed by atoms with Crippen LogP contribution in [0.2, 0.25) is 0 Å². The Balaban J connectivity index is 0. The Bertz CT molecular complexity index is 277. The predicted molar refractivity (Wildman–Crippen MR) is 49.1 cm³/mol. The summed E-state index contributed by atoms with van der Waals surface area (Å²) < 4.78 is 9.16. The second-order valence-electron chi connectivity index (χ2n) is 2.50. The third kappa shape index (κ3) is 6.71. The Kier molecular flexibility index (Phi) is 10.5. The molecule has 7 heteroatoms. The van der Waals surface area contributed by atoms with E-state index in [-0.39, 0.29) is 42.8 Å². The molecule has 1 amide bonds. The molecule has 0 spiro atoms. The topological polar surface area (TPSA) is 87.7 Å². The summed E-state index contributed by atoms with van der Waals surface area (Å²) in [6.45, 7) is 4.59. The molecule has 0 saturated carbocycles. The number of carbonyl (C=O) groups excluding carboxylic acids is 2. The van der Waals surface area contributed by atoms with Gasteiger partial charge in [0.2, 0.25) is 5.91 Å². The van der Waals surface area contributed by atoms with E-state index in [1.54, 1.807) is 13.8 Å². The van der Waals surface area contributed by atoms with Crippen LogP contribution in [0.15, 0.2) is 11.6 Å². The van der Waals surface area contributed by atoms with Gasteiger partial charge in [-0.25, -0.2) is 4.79 Å². The second kappa shape index (κ2) is 9.50. The van der Waals surface area contributed by atoms with Gasteiger partial charge < -0.3 is 19.9 Å². The van der Waals surface area contributed by atoms with E-state index in [0.29, 0.717) is 0 Å². The van der Waals surface area contributed by atoms with Crippen LogP contribution in [0, 0.1) is 0 Å². The molecule has 0 aromatic carbocycles. The van der Waals surface area contributed by atoms with Crippen LogP contribution in [0.25, 0.3) is 0 Å². The van der Waals surface area contributed by atoms with E-state index in [1.807, 2.05) is 0 Å². The monoisotopic (exact) mass is 239 g/mol. The normalized spacial score (nSPS) is 10.7. The van der Waals surface area contributed by atoms with Gasteiger partial charge >= 0.3 is 35.5 Å². The summed E-state index contributed by atoms with van der Waals surface area (Å²) in [7, 11) is 0. The first-order chi connectivity index (χ1) is 7.02. The van der Waals surface area contributed by atoms with Crippen LogP contribution >= 0.6 is 0 Å². The Labute approximate surface area is 116 Å². The predicted octanol–water partition coefficient (Wildman–Crippen LogP) is -3.74. The molecule has 0 aliphatic heterocycles. The summed E-state index contributed by atoms with van der Waals surface area (Å²) in [6.07, 6.45) is 0. The molecular weight excluding hydrogens is 225 g/mol. The van der Waals surface area contributed by atoms with Crippen molar-refractivity contribution < 1.29 is 53.7 Å². The van der Waals surface area contributed by atoms with E-state index in [1.165, 1.54) is 6.92 Å². The summed E-state index contributed by atoms with van der Waals surface area (Å²) in [4.78, 5) is 21.9. The van der Waals surface area contributed by atoms with Crippen molar-refractivity contribution in [2.24, 2.45) is 0 Å². The van der Waals surface area contributed by atoms with Crippen LogP contribution in [0.1, 0.15) is 20.8 Å². The van der Waals surface area contributed by atoms with Crippen LogP contribution in [0.5, 0.6) is 0 Å². The average Bonchev–Trinajstić information content (AvgIpc) is 2.14. The zero-order chi connectivity index (χ0) is 11.8. The molecule has 0 unspecified atom stereocenters. The number of hydrogen-bond donors (Lipinski definition) is 1. The van der Waals surface area contributed by atoms with Gasteiger partial charge in [-0.1, -0.05) is 6.92 Å². The number of carbonyl (C=O) groups is 2. The van der Waals surface area contributed by atoms with Crippen LogP contribution < -0.4 is 40.0 Å². The summed E-state index contributed by atoms with van der Waals surface area (Å²) in [6, 6.07) is 0. The van der Waals surface area contributed by atoms with Crippen molar-refractivity contribution in [3.63, 3.8) is 0 Å². The molecule has 0 rings (SSSR count). The van der Waals surface area contributed by atoms with Crippen molar-refractivity contribution in [1.82, 2.24) is 5.32 Å². The number of ether oxygens (including phenoxy) is 2. The first-order valence-corrected chi connectivity index (χ1v) is 4.51. The van der Waals surface area contributed by atoms with Gasteiger partial charge in [0, 0.05) is 6.92 Å². The van der Waals surface area contributed by atoms with E-state index in [0.717, 1.165) is 0 Å². The molecule has 0 aromatic heterocycles. The standard InChI is InChI=1S/C9H15NO5.Na/c1-4-14-8(12)7(10-6(3)11)9(13)15-5-2;/h12H,4-5H2,1-3H3,(H,10,11);/q;+1/p-1/b8-7-;. The summed E-state index contributed by atoms with van der Waals surface area (Å²) >= 11 is 0. The Morgan fingerprint density at radius 2 is 1.69 bits per heavy atom. The number of hydrogen-bond acceptors (Lipinski definition) is 5. The average molecular weight is 239 g/mol. The zero-order valence-electron chi connectivity index (χ0n) is 9.96. The minimum Gasteiger partial charge on any atom is -0.612 e. The first kappa shape index (κ1) is 17.7. The van der Waals surface area contributed by atoms with E-state index < -0.39 is 23.5 Å². The maximum Gasteiger partial charge on any atom is 1.00 e. The quantitative estimate of drug-likeness (QED) is 0.230. The van der Waals surface area contributed by atoms with E-state index in [2.05, 4.69) is 14.8 Å². The minimum atomic E-state index is -0.897. The third-order valence-corrected chi connectivity index (χ3v) is 1.26. The van der Waals surface area contributed by atoms with Gasteiger partial charge in [-0.05, 0) is 13.5 Å². The first-order valence-electron chi connectivity index (χ1n) is 4.51. The molecule has 1 N–H and O–H groups in total. The van der Waals surface area contributed by atoms with Gasteiger partial charge in [0.05, 0.1) is 12.6 Å². The smallest absolute Gasteiger partial charge is 0.612 e. The van der Waals surface area contributed by atoms with Crippen LogP contribution in [0.4, 0.5) is 0 Å². The number of esters is 1. The minimum absolute atomic E-state index is 0. The summed E-state index contributed by atoms with van der Waals surface area (Å²) in [5.41, 5.74) is -0.494. The Morgan fingerprint density at radius 3 is 2.06 bits per heavy atom. The van der Waals surface area contributed by atoms with Gasteiger partial charge in [-0.2, -0.15) is 0 Å². The van der Waals surface area contributed by atoms with Crippen molar-refractivity contribution in [2.75, 3.05) is 13.2 Å². The molecule has 16 heavy (non-hydrogen) atoms. The maximum absolute atomic E-state index is 11.2. The van der Waals surface area contributed by atoms with E-state index in [9.17, 15) is 14.7 Å². The third-order valence-electron chi connectivity index (χ3n) is 1.26. The van der Waals surface area contributed by atoms with Crippen molar-refractivity contribution in [2.45, 2.75) is 20.8 Å². The van der Waals surface area contributed by atoms with Crippen LogP contribution in [-0.4, -0.2) is 25.1 Å². The Hall–Kier alpha value is -0.720. The molecular formula is C9H14NNaO5. The molecule has 0 fully saturated rings. The molecule has 0 aliphatic rings. The van der Waals surface area contributed by atoms with Crippen molar-refractivity contribution >= 4 is 11.9 Å². The van der Waals surface area contributed by atoms with Gasteiger partial charge in [0.25, 0.3) is 0 Å². The molecule has 0 aliphatic carbocycles. The Morgan fingerprint density at radius 1 is 1.19 bits per heavy atom. The molecule has 0 atom stereocenters. The van der Waals surface area contributed by atoms with Crippen molar-refractivity contribution in [1.29, 1.82) is 0 Å². The van der Waals surface area contributed by atoms with Gasteiger partial charge in [0.1, 0.15) is 5.70 Å². The number of nitrogens with one attached hydrogen (secondary N) is 1. The largest absolute Gasteiger partial charge is 1.00 e. The molecule has 86 valence electrons. The molecule has 0 heterocycles. The van der Waals surface area contributed by atoms with Gasteiger partial charge in [-0.3, -0.25) is 4.79 Å². The molecule has 6 nitrogen and oxygen atoms in total. The van der Waals surface area contributed by atoms with Gasteiger partial charge in [-0.15, -0.1) is 0 Å². The molecule has 0 radical (unpaired) electrons. The van der Waals surface area contributed by atoms with Crippen molar-refractivity contribution in [3.8, 4) is 0 Å². The summed E-state index contributed by atoms with van der Waals surface area (Å²) in [5, 5.41) is 13.3. The number of amides is 1. The zero-order valence-corrected chi connectivity index (χ0v) is 12.0. The van der Waals surface area contributed by atoms with Crippen molar-refractivity contribution in [3.05, 3.63) is 11.6 Å². The van der Waals surface area contributed by atoms with Crippen LogP contribution in [0.3, 0.4) is 0 Å². The fourth-order valence-electron chi connectivity index (χ4n) is 0.768. The second-order valence-corrected chi connectivity index (χ2v) is 2.50.